The Kier molecular flexibility index (Phi) is 5.22. The zero-order chi connectivity index (χ0) is 21.4. The molecule has 2 aliphatic rings. The van der Waals surface area contributed by atoms with Crippen LogP contribution in [-0.2, 0) is 19.1 Å². The van der Waals surface area contributed by atoms with Crippen molar-refractivity contribution in [3.05, 3.63) is 77.0 Å². The van der Waals surface area contributed by atoms with Crippen LogP contribution in [0.1, 0.15) is 41.1 Å². The number of likely N-dealkylation sites (tertiary alicyclic amines) is 1. The third-order valence-electron chi connectivity index (χ3n) is 6.24. The second-order valence-corrected chi connectivity index (χ2v) is 8.41. The highest BCUT2D eigenvalue weighted by atomic mass is 19.4. The lowest BCUT2D eigenvalue weighted by molar-refractivity contribution is -0.137. The van der Waals surface area contributed by atoms with Gasteiger partial charge in [0.2, 0.25) is 0 Å². The van der Waals surface area contributed by atoms with Gasteiger partial charge in [0.1, 0.15) is 5.82 Å². The molecule has 3 aromatic rings. The maximum Gasteiger partial charge on any atom is 0.416 e. The summed E-state index contributed by atoms with van der Waals surface area (Å²) in [6, 6.07) is 15.9. The monoisotopic (exact) mass is 426 g/mol. The number of benzene rings is 2. The molecule has 1 N–H and O–H groups in total. The number of hydrogen-bond donors (Lipinski definition) is 1. The van der Waals surface area contributed by atoms with Gasteiger partial charge in [-0.1, -0.05) is 36.4 Å². The molecule has 7 heteroatoms. The van der Waals surface area contributed by atoms with Crippen molar-refractivity contribution in [2.45, 2.75) is 37.9 Å². The lowest BCUT2D eigenvalue weighted by Gasteiger charge is -2.32. The Balaban J connectivity index is 1.43. The number of fused-ring (bicyclic) bond motifs is 1. The lowest BCUT2D eigenvalue weighted by atomic mass is 9.91. The molecule has 4 nitrogen and oxygen atoms in total. The second kappa shape index (κ2) is 8.04. The van der Waals surface area contributed by atoms with Crippen molar-refractivity contribution < 1.29 is 13.2 Å². The van der Waals surface area contributed by atoms with Crippen LogP contribution in [0.4, 0.5) is 19.0 Å². The normalized spacial score (nSPS) is 19.3. The van der Waals surface area contributed by atoms with Crippen molar-refractivity contribution in [2.24, 2.45) is 0 Å². The van der Waals surface area contributed by atoms with Gasteiger partial charge in [0.05, 0.1) is 16.9 Å². The van der Waals surface area contributed by atoms with E-state index in [2.05, 4.69) is 34.5 Å². The van der Waals surface area contributed by atoms with E-state index in [4.69, 9.17) is 5.10 Å². The number of aromatic nitrogens is 2. The van der Waals surface area contributed by atoms with Crippen molar-refractivity contribution in [1.29, 1.82) is 0 Å². The summed E-state index contributed by atoms with van der Waals surface area (Å²) in [6.07, 6.45) is -1.36. The molecule has 2 aromatic carbocycles. The van der Waals surface area contributed by atoms with Crippen molar-refractivity contribution in [1.82, 2.24) is 14.7 Å². The van der Waals surface area contributed by atoms with E-state index in [1.54, 1.807) is 10.7 Å². The van der Waals surface area contributed by atoms with E-state index in [0.29, 0.717) is 5.69 Å². The van der Waals surface area contributed by atoms with Gasteiger partial charge in [0.25, 0.3) is 0 Å². The maximum absolute atomic E-state index is 13.2. The third-order valence-corrected chi connectivity index (χ3v) is 6.24. The predicted molar refractivity (Wildman–Crippen MR) is 114 cm³/mol. The molecular weight excluding hydrogens is 401 g/mol. The fourth-order valence-electron chi connectivity index (χ4n) is 4.79. The van der Waals surface area contributed by atoms with Crippen LogP contribution >= 0.6 is 0 Å². The molecule has 1 unspecified atom stereocenters. The highest BCUT2D eigenvalue weighted by Gasteiger charge is 2.33. The summed E-state index contributed by atoms with van der Waals surface area (Å²) in [7, 11) is 0. The number of alkyl halides is 3. The molecule has 0 radical (unpaired) electrons. The number of halogens is 3. The van der Waals surface area contributed by atoms with Gasteiger partial charge in [-0.2, -0.15) is 18.3 Å². The van der Waals surface area contributed by atoms with E-state index in [0.717, 1.165) is 68.6 Å². The minimum absolute atomic E-state index is 0.290. The molecule has 0 saturated carbocycles. The fourth-order valence-corrected chi connectivity index (χ4v) is 4.79. The molecule has 3 heterocycles. The van der Waals surface area contributed by atoms with Crippen molar-refractivity contribution in [3.8, 4) is 5.69 Å². The molecule has 5 rings (SSSR count). The van der Waals surface area contributed by atoms with Crippen LogP contribution < -0.4 is 5.32 Å². The van der Waals surface area contributed by atoms with E-state index in [1.165, 1.54) is 17.7 Å². The van der Waals surface area contributed by atoms with Crippen molar-refractivity contribution >= 4 is 5.82 Å². The van der Waals surface area contributed by atoms with Crippen LogP contribution in [0.25, 0.3) is 5.69 Å². The topological polar surface area (TPSA) is 33.1 Å². The van der Waals surface area contributed by atoms with Crippen LogP contribution in [-0.4, -0.2) is 34.3 Å². The van der Waals surface area contributed by atoms with Crippen molar-refractivity contribution in [3.63, 3.8) is 0 Å². The standard InChI is InChI=1S/C24H25F3N4/c25-24(26,27)19-9-4-10-20(14-19)31-23-21(11-12-28-23)22(29-31)18-8-5-13-30(16-18)15-17-6-2-1-3-7-17/h1-4,6-7,9-10,14,18,28H,5,8,11-13,15-16H2. The largest absolute Gasteiger partial charge is 0.416 e. The zero-order valence-corrected chi connectivity index (χ0v) is 17.2. The minimum Gasteiger partial charge on any atom is -0.369 e. The Labute approximate surface area is 179 Å². The first kappa shape index (κ1) is 20.1. The Morgan fingerprint density at radius 2 is 1.90 bits per heavy atom. The summed E-state index contributed by atoms with van der Waals surface area (Å²) in [5.74, 6) is 1.13. The van der Waals surface area contributed by atoms with Crippen LogP contribution in [0.3, 0.4) is 0 Å². The quantitative estimate of drug-likeness (QED) is 0.620. The van der Waals surface area contributed by atoms with Crippen molar-refractivity contribution in [2.75, 3.05) is 25.0 Å². The van der Waals surface area contributed by atoms with E-state index in [-0.39, 0.29) is 5.92 Å². The molecule has 162 valence electrons. The number of nitrogens with one attached hydrogen (secondary N) is 1. The Morgan fingerprint density at radius 1 is 1.06 bits per heavy atom. The van der Waals surface area contributed by atoms with Crippen LogP contribution in [0, 0.1) is 0 Å². The molecule has 1 aromatic heterocycles. The zero-order valence-electron chi connectivity index (χ0n) is 17.2. The summed E-state index contributed by atoms with van der Waals surface area (Å²) in [5, 5.41) is 8.19. The lowest BCUT2D eigenvalue weighted by Crippen LogP contribution is -2.34. The van der Waals surface area contributed by atoms with Gasteiger partial charge in [-0.3, -0.25) is 4.90 Å². The molecule has 1 saturated heterocycles. The third kappa shape index (κ3) is 4.06. The fraction of sp³-hybridized carbons (Fsp3) is 0.375. The van der Waals surface area contributed by atoms with Gasteiger partial charge in [-0.25, -0.2) is 4.68 Å². The average molecular weight is 426 g/mol. The van der Waals surface area contributed by atoms with Gasteiger partial charge >= 0.3 is 6.18 Å². The summed E-state index contributed by atoms with van der Waals surface area (Å²) in [5.41, 5.74) is 3.29. The number of anilines is 1. The van der Waals surface area contributed by atoms with E-state index >= 15 is 0 Å². The average Bonchev–Trinajstić information content (AvgIpc) is 3.37. The number of piperidine rings is 1. The second-order valence-electron chi connectivity index (χ2n) is 8.41. The molecule has 2 aliphatic heterocycles. The van der Waals surface area contributed by atoms with Crippen LogP contribution in [0.2, 0.25) is 0 Å². The van der Waals surface area contributed by atoms with Gasteiger partial charge < -0.3 is 5.32 Å². The Morgan fingerprint density at radius 3 is 2.71 bits per heavy atom. The van der Waals surface area contributed by atoms with Gasteiger partial charge in [-0.15, -0.1) is 0 Å². The summed E-state index contributed by atoms with van der Waals surface area (Å²) < 4.78 is 41.3. The van der Waals surface area contributed by atoms with Crippen LogP contribution in [0.5, 0.6) is 0 Å². The smallest absolute Gasteiger partial charge is 0.369 e. The summed E-state index contributed by atoms with van der Waals surface area (Å²) in [6.45, 7) is 3.67. The molecular formula is C24H25F3N4. The molecule has 0 amide bonds. The molecule has 31 heavy (non-hydrogen) atoms. The molecule has 1 atom stereocenters. The van der Waals surface area contributed by atoms with E-state index in [1.807, 2.05) is 6.07 Å². The Bertz CT molecular complexity index is 1060. The first-order chi connectivity index (χ1) is 15.0. The minimum atomic E-state index is -4.37. The first-order valence-corrected chi connectivity index (χ1v) is 10.8. The molecule has 0 aliphatic carbocycles. The molecule has 1 fully saturated rings. The number of hydrogen-bond acceptors (Lipinski definition) is 3. The van der Waals surface area contributed by atoms with Gasteiger partial charge in [0, 0.05) is 31.1 Å². The van der Waals surface area contributed by atoms with Gasteiger partial charge in [0.15, 0.2) is 0 Å². The summed E-state index contributed by atoms with van der Waals surface area (Å²) in [4.78, 5) is 2.46. The highest BCUT2D eigenvalue weighted by Crippen LogP contribution is 2.37. The first-order valence-electron chi connectivity index (χ1n) is 10.8. The molecule has 0 spiro atoms. The predicted octanol–water partition coefficient (Wildman–Crippen LogP) is 5.24. The molecule has 0 bridgehead atoms. The SMILES string of the molecule is FC(F)(F)c1cccc(-n2nc(C3CCCN(Cc4ccccc4)C3)c3c2NCC3)c1. The van der Waals surface area contributed by atoms with Gasteiger partial charge in [-0.05, 0) is 49.6 Å². The Hall–Kier alpha value is -2.80. The number of rotatable bonds is 4. The van der Waals surface area contributed by atoms with Crippen LogP contribution in [0.15, 0.2) is 54.6 Å². The number of nitrogens with zero attached hydrogens (tertiary/aromatic N) is 3. The van der Waals surface area contributed by atoms with E-state index in [9.17, 15) is 13.2 Å². The maximum atomic E-state index is 13.2. The van der Waals surface area contributed by atoms with E-state index < -0.39 is 11.7 Å². The highest BCUT2D eigenvalue weighted by molar-refractivity contribution is 5.58. The summed E-state index contributed by atoms with van der Waals surface area (Å²) >= 11 is 0.